The molecule has 0 atom stereocenters. The first-order chi connectivity index (χ1) is 7.79. The molecule has 0 spiro atoms. The Morgan fingerprint density at radius 1 is 1.50 bits per heavy atom. The molecule has 0 unspecified atom stereocenters. The van der Waals surface area contributed by atoms with E-state index in [4.69, 9.17) is 5.26 Å². The van der Waals surface area contributed by atoms with Gasteiger partial charge in [0.25, 0.3) is 0 Å². The van der Waals surface area contributed by atoms with E-state index in [1.807, 2.05) is 6.07 Å². The smallest absolute Gasteiger partial charge is 0.141 e. The number of H-pyrrole nitrogens is 1. The van der Waals surface area contributed by atoms with Gasteiger partial charge in [0, 0.05) is 11.9 Å². The second-order valence-corrected chi connectivity index (χ2v) is 3.57. The van der Waals surface area contributed by atoms with Crippen LogP contribution in [0.15, 0.2) is 18.3 Å². The number of aromatic amines is 1. The van der Waals surface area contributed by atoms with Gasteiger partial charge in [-0.05, 0) is 12.1 Å². The average molecular weight is 212 g/mol. The van der Waals surface area contributed by atoms with Crippen molar-refractivity contribution in [3.8, 4) is 6.07 Å². The van der Waals surface area contributed by atoms with Gasteiger partial charge in [-0.1, -0.05) is 0 Å². The van der Waals surface area contributed by atoms with E-state index >= 15 is 0 Å². The van der Waals surface area contributed by atoms with Crippen LogP contribution in [0.1, 0.15) is 11.3 Å². The molecule has 0 saturated heterocycles. The third kappa shape index (κ3) is 1.07. The van der Waals surface area contributed by atoms with E-state index in [0.717, 1.165) is 16.7 Å². The normalized spacial score (nSPS) is 13.8. The number of hydrogen-bond acceptors (Lipinski definition) is 4. The number of aliphatic hydroxyl groups is 1. The molecule has 2 aromatic rings. The Bertz CT molecular complexity index is 648. The Labute approximate surface area is 91.0 Å². The van der Waals surface area contributed by atoms with Crippen molar-refractivity contribution in [1.82, 2.24) is 9.97 Å². The highest BCUT2D eigenvalue weighted by Gasteiger charge is 2.18. The minimum Gasteiger partial charge on any atom is -0.507 e. The Morgan fingerprint density at radius 3 is 3.19 bits per heavy atom. The minimum atomic E-state index is 0.232. The summed E-state index contributed by atoms with van der Waals surface area (Å²) in [6, 6.07) is 3.65. The number of nitriles is 1. The van der Waals surface area contributed by atoms with Crippen LogP contribution in [0.2, 0.25) is 0 Å². The molecule has 1 aliphatic heterocycles. The maximum Gasteiger partial charge on any atom is 0.141 e. The van der Waals surface area contributed by atoms with Gasteiger partial charge >= 0.3 is 0 Å². The largest absolute Gasteiger partial charge is 0.507 e. The van der Waals surface area contributed by atoms with Gasteiger partial charge in [-0.2, -0.15) is 5.26 Å². The number of rotatable bonds is 0. The van der Waals surface area contributed by atoms with Crippen molar-refractivity contribution in [2.24, 2.45) is 0 Å². The zero-order valence-corrected chi connectivity index (χ0v) is 8.28. The Kier molecular flexibility index (Phi) is 1.65. The van der Waals surface area contributed by atoms with Crippen LogP contribution in [0.25, 0.3) is 16.7 Å². The number of nitrogens with zero attached hydrogens (tertiary/aromatic N) is 2. The summed E-state index contributed by atoms with van der Waals surface area (Å²) in [6.07, 6.45) is 3.29. The fourth-order valence-electron chi connectivity index (χ4n) is 1.91. The summed E-state index contributed by atoms with van der Waals surface area (Å²) in [6.45, 7) is 0.587. The molecule has 0 amide bonds. The fraction of sp³-hybridized carbons (Fsp3) is 0.0909. The van der Waals surface area contributed by atoms with Gasteiger partial charge in [0.2, 0.25) is 0 Å². The quantitative estimate of drug-likeness (QED) is 0.621. The Balaban J connectivity index is 2.38. The molecule has 3 rings (SSSR count). The van der Waals surface area contributed by atoms with Gasteiger partial charge in [0.05, 0.1) is 17.3 Å². The lowest BCUT2D eigenvalue weighted by molar-refractivity contribution is 0.510. The summed E-state index contributed by atoms with van der Waals surface area (Å²) in [7, 11) is 0. The summed E-state index contributed by atoms with van der Waals surface area (Å²) in [4.78, 5) is 7.09. The standard InChI is InChI=1S/C11H8N4O/c12-4-6-3-7-8(5-14-6)15-11-10(7)9(16)1-2-13-11/h1,3,5,13,15-16H,2H2. The summed E-state index contributed by atoms with van der Waals surface area (Å²) < 4.78 is 0. The van der Waals surface area contributed by atoms with E-state index in [1.165, 1.54) is 0 Å². The maximum atomic E-state index is 9.81. The summed E-state index contributed by atoms with van der Waals surface area (Å²) in [5.41, 5.74) is 1.85. The van der Waals surface area contributed by atoms with Crippen molar-refractivity contribution in [3.05, 3.63) is 29.6 Å². The predicted molar refractivity (Wildman–Crippen MR) is 59.9 cm³/mol. The lowest BCUT2D eigenvalue weighted by Crippen LogP contribution is -2.06. The van der Waals surface area contributed by atoms with Crippen molar-refractivity contribution in [1.29, 1.82) is 5.26 Å². The van der Waals surface area contributed by atoms with Gasteiger partial charge in [-0.3, -0.25) is 0 Å². The molecule has 0 bridgehead atoms. The third-order valence-corrected chi connectivity index (χ3v) is 2.63. The number of anilines is 1. The molecule has 1 aliphatic rings. The minimum absolute atomic E-state index is 0.232. The number of hydrogen-bond donors (Lipinski definition) is 3. The van der Waals surface area contributed by atoms with Gasteiger partial charge in [0.15, 0.2) is 0 Å². The first kappa shape index (κ1) is 8.80. The summed E-state index contributed by atoms with van der Waals surface area (Å²) in [5.74, 6) is 1.00. The second kappa shape index (κ2) is 3.00. The van der Waals surface area contributed by atoms with Crippen LogP contribution in [0.3, 0.4) is 0 Å². The van der Waals surface area contributed by atoms with E-state index in [9.17, 15) is 5.11 Å². The monoisotopic (exact) mass is 212 g/mol. The summed E-state index contributed by atoms with van der Waals surface area (Å²) >= 11 is 0. The molecular formula is C11H8N4O. The predicted octanol–water partition coefficient (Wildman–Crippen LogP) is 1.76. The Hall–Kier alpha value is -2.48. The molecule has 5 heteroatoms. The van der Waals surface area contributed by atoms with Gasteiger partial charge in [-0.25, -0.2) is 4.98 Å². The Morgan fingerprint density at radius 2 is 2.38 bits per heavy atom. The van der Waals surface area contributed by atoms with E-state index in [1.54, 1.807) is 18.3 Å². The molecular weight excluding hydrogens is 204 g/mol. The highest BCUT2D eigenvalue weighted by Crippen LogP contribution is 2.33. The van der Waals surface area contributed by atoms with Crippen LogP contribution < -0.4 is 5.32 Å². The lowest BCUT2D eigenvalue weighted by atomic mass is 10.1. The molecule has 0 aliphatic carbocycles. The van der Waals surface area contributed by atoms with Crippen molar-refractivity contribution in [2.45, 2.75) is 0 Å². The lowest BCUT2D eigenvalue weighted by Gasteiger charge is -2.10. The second-order valence-electron chi connectivity index (χ2n) is 3.57. The summed E-state index contributed by atoms with van der Waals surface area (Å²) in [5, 5.41) is 22.5. The molecule has 78 valence electrons. The van der Waals surface area contributed by atoms with Crippen molar-refractivity contribution in [3.63, 3.8) is 0 Å². The average Bonchev–Trinajstić information content (AvgIpc) is 2.67. The molecule has 3 N–H and O–H groups in total. The molecule has 3 heterocycles. The molecule has 5 nitrogen and oxygen atoms in total. The van der Waals surface area contributed by atoms with E-state index in [2.05, 4.69) is 15.3 Å². The van der Waals surface area contributed by atoms with Crippen molar-refractivity contribution >= 4 is 22.5 Å². The zero-order chi connectivity index (χ0) is 11.1. The van der Waals surface area contributed by atoms with Crippen molar-refractivity contribution in [2.75, 3.05) is 11.9 Å². The highest BCUT2D eigenvalue weighted by atomic mass is 16.3. The van der Waals surface area contributed by atoms with Crippen molar-refractivity contribution < 1.29 is 5.11 Å². The molecule has 0 fully saturated rings. The molecule has 2 aromatic heterocycles. The molecule has 16 heavy (non-hydrogen) atoms. The first-order valence-corrected chi connectivity index (χ1v) is 4.85. The zero-order valence-electron chi connectivity index (χ0n) is 8.28. The third-order valence-electron chi connectivity index (χ3n) is 2.63. The fourth-order valence-corrected chi connectivity index (χ4v) is 1.91. The maximum absolute atomic E-state index is 9.81. The van der Waals surface area contributed by atoms with Crippen LogP contribution in [-0.4, -0.2) is 21.6 Å². The van der Waals surface area contributed by atoms with Gasteiger partial charge in [-0.15, -0.1) is 0 Å². The molecule has 0 radical (unpaired) electrons. The van der Waals surface area contributed by atoms with Crippen LogP contribution >= 0.6 is 0 Å². The number of pyridine rings is 1. The van der Waals surface area contributed by atoms with Crippen LogP contribution in [0.5, 0.6) is 0 Å². The number of aromatic nitrogens is 2. The number of nitrogens with one attached hydrogen (secondary N) is 2. The molecule has 0 aromatic carbocycles. The number of fused-ring (bicyclic) bond motifs is 3. The number of aliphatic hydroxyl groups excluding tert-OH is 1. The van der Waals surface area contributed by atoms with Gasteiger partial charge in [0.1, 0.15) is 23.3 Å². The highest BCUT2D eigenvalue weighted by molar-refractivity contribution is 5.98. The topological polar surface area (TPSA) is 84.7 Å². The van der Waals surface area contributed by atoms with Gasteiger partial charge < -0.3 is 15.4 Å². The SMILES string of the molecule is N#Cc1cc2c3c([nH]c2cn1)NCC=C3O. The van der Waals surface area contributed by atoms with Crippen LogP contribution in [0, 0.1) is 11.3 Å². The van der Waals surface area contributed by atoms with Crippen LogP contribution in [-0.2, 0) is 0 Å². The molecule has 0 saturated carbocycles. The van der Waals surface area contributed by atoms with E-state index in [0.29, 0.717) is 17.8 Å². The first-order valence-electron chi connectivity index (χ1n) is 4.85. The van der Waals surface area contributed by atoms with E-state index < -0.39 is 0 Å². The van der Waals surface area contributed by atoms with Crippen LogP contribution in [0.4, 0.5) is 5.82 Å². The van der Waals surface area contributed by atoms with E-state index in [-0.39, 0.29) is 5.76 Å².